The lowest BCUT2D eigenvalue weighted by molar-refractivity contribution is -0.137. The Kier molecular flexibility index (Phi) is 3.96. The van der Waals surface area contributed by atoms with Gasteiger partial charge in [-0.15, -0.1) is 0 Å². The van der Waals surface area contributed by atoms with Crippen LogP contribution in [0, 0.1) is 5.92 Å². The quantitative estimate of drug-likeness (QED) is 0.821. The Labute approximate surface area is 112 Å². The molecule has 0 fully saturated rings. The number of H-pyrrole nitrogens is 1. The molecule has 0 aliphatic heterocycles. The first-order chi connectivity index (χ1) is 9.38. The number of halogens is 3. The van der Waals surface area contributed by atoms with Gasteiger partial charge >= 0.3 is 6.18 Å². The highest BCUT2D eigenvalue weighted by Crippen LogP contribution is 2.29. The number of aromatic nitrogens is 1. The molecule has 2 N–H and O–H groups in total. The van der Waals surface area contributed by atoms with Crippen molar-refractivity contribution in [3.63, 3.8) is 0 Å². The van der Waals surface area contributed by atoms with E-state index in [1.54, 1.807) is 0 Å². The number of amides is 1. The lowest BCUT2D eigenvalue weighted by Crippen LogP contribution is -2.27. The van der Waals surface area contributed by atoms with E-state index < -0.39 is 23.2 Å². The van der Waals surface area contributed by atoms with E-state index in [9.17, 15) is 22.8 Å². The number of alkyl halides is 3. The number of hydrogen-bond donors (Lipinski definition) is 2. The van der Waals surface area contributed by atoms with Crippen molar-refractivity contribution in [1.82, 2.24) is 4.98 Å². The lowest BCUT2D eigenvalue weighted by Gasteiger charge is -2.17. The van der Waals surface area contributed by atoms with Gasteiger partial charge in [-0.3, -0.25) is 9.59 Å². The Morgan fingerprint density at radius 2 is 2.10 bits per heavy atom. The van der Waals surface area contributed by atoms with E-state index in [0.29, 0.717) is 25.1 Å². The van der Waals surface area contributed by atoms with E-state index >= 15 is 0 Å². The third kappa shape index (κ3) is 3.28. The van der Waals surface area contributed by atoms with Crippen molar-refractivity contribution in [3.05, 3.63) is 40.3 Å². The molecule has 1 aromatic heterocycles. The highest BCUT2D eigenvalue weighted by molar-refractivity contribution is 5.92. The van der Waals surface area contributed by atoms with Crippen LogP contribution in [0.2, 0.25) is 0 Å². The average molecular weight is 286 g/mol. The maximum atomic E-state index is 12.5. The summed E-state index contributed by atoms with van der Waals surface area (Å²) < 4.78 is 37.6. The second-order valence-corrected chi connectivity index (χ2v) is 4.60. The van der Waals surface area contributed by atoms with E-state index in [1.165, 1.54) is 0 Å². The fraction of sp³-hybridized carbons (Fsp3) is 0.385. The van der Waals surface area contributed by atoms with Crippen molar-refractivity contribution in [1.29, 1.82) is 0 Å². The van der Waals surface area contributed by atoms with Crippen molar-refractivity contribution >= 4 is 11.6 Å². The Bertz CT molecular complexity index is 590. The molecular formula is C13H13F3N2O2. The molecule has 1 amide bonds. The van der Waals surface area contributed by atoms with Crippen LogP contribution in [-0.2, 0) is 11.0 Å². The van der Waals surface area contributed by atoms with E-state index in [1.807, 2.05) is 17.1 Å². The van der Waals surface area contributed by atoms with Crippen LogP contribution < -0.4 is 10.9 Å². The van der Waals surface area contributed by atoms with Crippen molar-refractivity contribution in [3.8, 4) is 0 Å². The molecule has 1 aromatic rings. The first-order valence-electron chi connectivity index (χ1n) is 6.13. The van der Waals surface area contributed by atoms with Crippen LogP contribution in [-0.4, -0.2) is 10.9 Å². The Hall–Kier alpha value is -2.05. The number of rotatable bonds is 2. The third-order valence-corrected chi connectivity index (χ3v) is 3.13. The zero-order chi connectivity index (χ0) is 14.8. The van der Waals surface area contributed by atoms with Crippen LogP contribution in [0.3, 0.4) is 0 Å². The fourth-order valence-electron chi connectivity index (χ4n) is 2.01. The molecule has 0 saturated carbocycles. The molecule has 0 aromatic carbocycles. The summed E-state index contributed by atoms with van der Waals surface area (Å²) in [7, 11) is 0. The second-order valence-electron chi connectivity index (χ2n) is 4.60. The number of nitrogens with one attached hydrogen (secondary N) is 2. The predicted octanol–water partition coefficient (Wildman–Crippen LogP) is 2.69. The summed E-state index contributed by atoms with van der Waals surface area (Å²) in [5.41, 5.74) is -2.13. The van der Waals surface area contributed by atoms with Gasteiger partial charge in [0.25, 0.3) is 5.56 Å². The van der Waals surface area contributed by atoms with Crippen molar-refractivity contribution in [2.75, 3.05) is 5.32 Å². The molecule has 2 rings (SSSR count). The molecule has 7 heteroatoms. The Morgan fingerprint density at radius 3 is 2.70 bits per heavy atom. The standard InChI is InChI=1S/C13H13F3N2O2/c14-13(15,16)9-6-10(12(20)17-7-9)18-11(19)8-4-2-1-3-5-8/h1-2,6-8H,3-5H2,(H,17,20)(H,18,19)/t8-/m1/s1. The highest BCUT2D eigenvalue weighted by atomic mass is 19.4. The minimum atomic E-state index is -4.57. The number of aromatic amines is 1. The Balaban J connectivity index is 2.18. The zero-order valence-electron chi connectivity index (χ0n) is 10.5. The maximum absolute atomic E-state index is 12.5. The van der Waals surface area contributed by atoms with Crippen molar-refractivity contribution in [2.45, 2.75) is 25.4 Å². The molecule has 1 aliphatic rings. The Morgan fingerprint density at radius 1 is 1.35 bits per heavy atom. The minimum Gasteiger partial charge on any atom is -0.327 e. The summed E-state index contributed by atoms with van der Waals surface area (Å²) >= 11 is 0. The van der Waals surface area contributed by atoms with Crippen molar-refractivity contribution in [2.24, 2.45) is 5.92 Å². The van der Waals surface area contributed by atoms with Gasteiger partial charge < -0.3 is 10.3 Å². The lowest BCUT2D eigenvalue weighted by atomic mass is 9.93. The van der Waals surface area contributed by atoms with Gasteiger partial charge in [-0.2, -0.15) is 13.2 Å². The highest BCUT2D eigenvalue weighted by Gasteiger charge is 2.31. The maximum Gasteiger partial charge on any atom is 0.417 e. The van der Waals surface area contributed by atoms with Crippen LogP contribution in [0.25, 0.3) is 0 Å². The predicted molar refractivity (Wildman–Crippen MR) is 67.2 cm³/mol. The van der Waals surface area contributed by atoms with Gasteiger partial charge in [0.1, 0.15) is 5.69 Å². The van der Waals surface area contributed by atoms with Crippen LogP contribution >= 0.6 is 0 Å². The number of hydrogen-bond acceptors (Lipinski definition) is 2. The molecule has 1 atom stereocenters. The molecule has 0 bridgehead atoms. The molecule has 0 saturated heterocycles. The largest absolute Gasteiger partial charge is 0.417 e. The summed E-state index contributed by atoms with van der Waals surface area (Å²) in [6.45, 7) is 0. The molecule has 0 unspecified atom stereocenters. The first kappa shape index (κ1) is 14.4. The SMILES string of the molecule is O=C(Nc1cc(C(F)(F)F)c[nH]c1=O)[C@@H]1CC=CCC1. The van der Waals surface area contributed by atoms with E-state index in [0.717, 1.165) is 6.42 Å². The summed E-state index contributed by atoms with van der Waals surface area (Å²) in [4.78, 5) is 25.3. The monoisotopic (exact) mass is 286 g/mol. The van der Waals surface area contributed by atoms with Gasteiger partial charge in [-0.25, -0.2) is 0 Å². The third-order valence-electron chi connectivity index (χ3n) is 3.13. The second kappa shape index (κ2) is 5.52. The number of allylic oxidation sites excluding steroid dienone is 2. The van der Waals surface area contributed by atoms with Crippen LogP contribution in [0.5, 0.6) is 0 Å². The van der Waals surface area contributed by atoms with Crippen LogP contribution in [0.4, 0.5) is 18.9 Å². The van der Waals surface area contributed by atoms with Crippen LogP contribution in [0.15, 0.2) is 29.2 Å². The summed E-state index contributed by atoms with van der Waals surface area (Å²) in [5, 5.41) is 2.28. The minimum absolute atomic E-state index is 0.311. The molecule has 0 spiro atoms. The van der Waals surface area contributed by atoms with Crippen molar-refractivity contribution < 1.29 is 18.0 Å². The van der Waals surface area contributed by atoms with Gasteiger partial charge in [0.05, 0.1) is 5.56 Å². The van der Waals surface area contributed by atoms with E-state index in [2.05, 4.69) is 5.32 Å². The number of anilines is 1. The number of pyridine rings is 1. The number of carbonyl (C=O) groups excluding carboxylic acids is 1. The molecular weight excluding hydrogens is 273 g/mol. The molecule has 4 nitrogen and oxygen atoms in total. The van der Waals surface area contributed by atoms with Gasteiger partial charge in [-0.05, 0) is 25.3 Å². The smallest absolute Gasteiger partial charge is 0.327 e. The van der Waals surface area contributed by atoms with E-state index in [4.69, 9.17) is 0 Å². The zero-order valence-corrected chi connectivity index (χ0v) is 10.5. The topological polar surface area (TPSA) is 62.0 Å². The fourth-order valence-corrected chi connectivity index (χ4v) is 2.01. The van der Waals surface area contributed by atoms with Gasteiger partial charge in [-0.1, -0.05) is 12.2 Å². The first-order valence-corrected chi connectivity index (χ1v) is 6.13. The molecule has 1 heterocycles. The van der Waals surface area contributed by atoms with E-state index in [-0.39, 0.29) is 11.6 Å². The molecule has 1 aliphatic carbocycles. The summed E-state index contributed by atoms with van der Waals surface area (Å²) in [5.74, 6) is -0.742. The average Bonchev–Trinajstić information content (AvgIpc) is 2.41. The number of carbonyl (C=O) groups is 1. The summed E-state index contributed by atoms with van der Waals surface area (Å²) in [6, 6.07) is 0.648. The van der Waals surface area contributed by atoms with Gasteiger partial charge in [0.15, 0.2) is 0 Å². The summed E-state index contributed by atoms with van der Waals surface area (Å²) in [6.07, 6.45) is 1.71. The van der Waals surface area contributed by atoms with Gasteiger partial charge in [0.2, 0.25) is 5.91 Å². The molecule has 20 heavy (non-hydrogen) atoms. The molecule has 108 valence electrons. The van der Waals surface area contributed by atoms with Crippen LogP contribution in [0.1, 0.15) is 24.8 Å². The molecule has 0 radical (unpaired) electrons. The van der Waals surface area contributed by atoms with Gasteiger partial charge in [0, 0.05) is 12.1 Å². The normalized spacial score (nSPS) is 18.9.